The van der Waals surface area contributed by atoms with E-state index in [-0.39, 0.29) is 18.1 Å². The molecule has 1 heterocycles. The van der Waals surface area contributed by atoms with Crippen molar-refractivity contribution in [1.29, 1.82) is 0 Å². The van der Waals surface area contributed by atoms with Crippen LogP contribution < -0.4 is 5.06 Å². The van der Waals surface area contributed by atoms with Crippen molar-refractivity contribution in [2.24, 2.45) is 0 Å². The Balaban J connectivity index is 3.06. The van der Waals surface area contributed by atoms with Gasteiger partial charge in [0.25, 0.3) is 0 Å². The molecule has 0 radical (unpaired) electrons. The van der Waals surface area contributed by atoms with Gasteiger partial charge in [-0.15, -0.1) is 0 Å². The lowest BCUT2D eigenvalue weighted by atomic mass is 10.4. The molecule has 1 atom stereocenters. The van der Waals surface area contributed by atoms with Gasteiger partial charge in [0.2, 0.25) is 0 Å². The average molecular weight is 196 g/mol. The van der Waals surface area contributed by atoms with Crippen LogP contribution in [0.2, 0.25) is 0 Å². The molecule has 0 spiro atoms. The maximum Gasteiger partial charge on any atom is 0.353 e. The summed E-state index contributed by atoms with van der Waals surface area (Å²) in [5.41, 5.74) is -0.327. The van der Waals surface area contributed by atoms with E-state index in [4.69, 9.17) is 0 Å². The molecular weight excluding hydrogens is 188 g/mol. The predicted molar refractivity (Wildman–Crippen MR) is 47.7 cm³/mol. The Morgan fingerprint density at radius 2 is 2.43 bits per heavy atom. The molecular formula is C7H8N4O3. The largest absolute Gasteiger partial charge is 0.627 e. The van der Waals surface area contributed by atoms with Crippen molar-refractivity contribution in [1.82, 2.24) is 10.2 Å². The summed E-state index contributed by atoms with van der Waals surface area (Å²) in [5.74, 6) is -0.225. The van der Waals surface area contributed by atoms with Crippen LogP contribution in [-0.4, -0.2) is 21.7 Å². The van der Waals surface area contributed by atoms with Crippen molar-refractivity contribution in [3.05, 3.63) is 40.2 Å². The number of quaternary nitrogens is 1. The van der Waals surface area contributed by atoms with E-state index in [0.29, 0.717) is 0 Å². The molecule has 0 aliphatic rings. The number of rotatable bonds is 4. The lowest BCUT2D eigenvalue weighted by Gasteiger charge is -2.16. The van der Waals surface area contributed by atoms with Crippen molar-refractivity contribution >= 4 is 11.5 Å². The molecule has 0 bridgehead atoms. The SMILES string of the molecule is C=CC[NH+]([O-])c1nnccc1[N+](=O)[O-]. The zero-order valence-corrected chi connectivity index (χ0v) is 7.21. The van der Waals surface area contributed by atoms with E-state index >= 15 is 0 Å². The van der Waals surface area contributed by atoms with Gasteiger partial charge in [-0.1, -0.05) is 11.7 Å². The maximum atomic E-state index is 11.3. The minimum Gasteiger partial charge on any atom is -0.627 e. The summed E-state index contributed by atoms with van der Waals surface area (Å²) in [4.78, 5) is 9.83. The van der Waals surface area contributed by atoms with Gasteiger partial charge in [-0.25, -0.2) is 0 Å². The van der Waals surface area contributed by atoms with E-state index in [1.807, 2.05) is 0 Å². The second-order valence-corrected chi connectivity index (χ2v) is 2.44. The first-order valence-corrected chi connectivity index (χ1v) is 3.77. The minimum absolute atomic E-state index is 0.0134. The molecule has 0 saturated carbocycles. The van der Waals surface area contributed by atoms with E-state index in [1.165, 1.54) is 12.3 Å². The molecule has 74 valence electrons. The van der Waals surface area contributed by atoms with E-state index in [1.54, 1.807) is 0 Å². The molecule has 1 unspecified atom stereocenters. The third-order valence-electron chi connectivity index (χ3n) is 1.49. The monoisotopic (exact) mass is 196 g/mol. The van der Waals surface area contributed by atoms with Gasteiger partial charge in [-0.05, 0) is 6.08 Å². The van der Waals surface area contributed by atoms with Crippen molar-refractivity contribution in [3.63, 3.8) is 0 Å². The van der Waals surface area contributed by atoms with Crippen molar-refractivity contribution < 1.29 is 9.99 Å². The lowest BCUT2D eigenvalue weighted by Crippen LogP contribution is -3.02. The number of hydrogen-bond donors (Lipinski definition) is 1. The highest BCUT2D eigenvalue weighted by Crippen LogP contribution is 2.14. The van der Waals surface area contributed by atoms with Crippen LogP contribution in [0.4, 0.5) is 11.5 Å². The first-order chi connectivity index (χ1) is 6.66. The van der Waals surface area contributed by atoms with E-state index < -0.39 is 9.99 Å². The van der Waals surface area contributed by atoms with Gasteiger partial charge in [0.1, 0.15) is 6.54 Å². The summed E-state index contributed by atoms with van der Waals surface area (Å²) in [6.07, 6.45) is 2.53. The molecule has 0 aliphatic carbocycles. The van der Waals surface area contributed by atoms with Crippen molar-refractivity contribution in [3.8, 4) is 0 Å². The first-order valence-electron chi connectivity index (χ1n) is 3.77. The molecule has 0 aliphatic heterocycles. The van der Waals surface area contributed by atoms with Crippen LogP contribution in [0.15, 0.2) is 24.9 Å². The van der Waals surface area contributed by atoms with Crippen LogP contribution in [0.25, 0.3) is 0 Å². The van der Waals surface area contributed by atoms with Crippen LogP contribution in [0.5, 0.6) is 0 Å². The number of nitro groups is 1. The molecule has 7 nitrogen and oxygen atoms in total. The van der Waals surface area contributed by atoms with Crippen LogP contribution >= 0.6 is 0 Å². The average Bonchev–Trinajstić information content (AvgIpc) is 2.18. The van der Waals surface area contributed by atoms with Gasteiger partial charge < -0.3 is 10.3 Å². The second kappa shape index (κ2) is 4.40. The Kier molecular flexibility index (Phi) is 3.21. The van der Waals surface area contributed by atoms with E-state index in [2.05, 4.69) is 16.8 Å². The van der Waals surface area contributed by atoms with Crippen molar-refractivity contribution in [2.75, 3.05) is 6.54 Å². The van der Waals surface area contributed by atoms with Crippen LogP contribution in [0.3, 0.4) is 0 Å². The summed E-state index contributed by atoms with van der Waals surface area (Å²) in [6.45, 7) is 3.38. The fourth-order valence-corrected chi connectivity index (χ4v) is 0.899. The van der Waals surface area contributed by atoms with Gasteiger partial charge in [-0.2, -0.15) is 5.10 Å². The summed E-state index contributed by atoms with van der Waals surface area (Å²) >= 11 is 0. The minimum atomic E-state index is -0.662. The molecule has 0 amide bonds. The standard InChI is InChI=1S/C7H8N4O3/c1-2-5-10(12)7-6(11(13)14)3-4-8-9-7/h2-4,10H,1,5H2. The Bertz CT molecular complexity index is 355. The topological polar surface area (TPSA) is 96.4 Å². The van der Waals surface area contributed by atoms with Crippen LogP contribution in [-0.2, 0) is 0 Å². The normalized spacial score (nSPS) is 12.1. The molecule has 1 aromatic heterocycles. The fraction of sp³-hybridized carbons (Fsp3) is 0.143. The number of nitrogens with zero attached hydrogens (tertiary/aromatic N) is 3. The Morgan fingerprint density at radius 3 is 3.00 bits per heavy atom. The zero-order valence-electron chi connectivity index (χ0n) is 7.21. The molecule has 14 heavy (non-hydrogen) atoms. The van der Waals surface area contributed by atoms with Crippen LogP contribution in [0, 0.1) is 15.3 Å². The molecule has 0 fully saturated rings. The van der Waals surface area contributed by atoms with Crippen molar-refractivity contribution in [2.45, 2.75) is 0 Å². The first kappa shape index (κ1) is 10.2. The van der Waals surface area contributed by atoms with E-state index in [0.717, 1.165) is 6.07 Å². The fourth-order valence-electron chi connectivity index (χ4n) is 0.899. The summed E-state index contributed by atoms with van der Waals surface area (Å²) in [5, 5.41) is 28.2. The lowest BCUT2D eigenvalue weighted by molar-refractivity contribution is -0.773. The highest BCUT2D eigenvalue weighted by atomic mass is 16.6. The van der Waals surface area contributed by atoms with Crippen LogP contribution in [0.1, 0.15) is 0 Å². The third-order valence-corrected chi connectivity index (χ3v) is 1.49. The molecule has 0 aromatic carbocycles. The molecule has 1 N–H and O–H groups in total. The second-order valence-electron chi connectivity index (χ2n) is 2.44. The number of nitrogens with one attached hydrogen (secondary N) is 1. The Morgan fingerprint density at radius 1 is 1.71 bits per heavy atom. The van der Waals surface area contributed by atoms with Gasteiger partial charge >= 0.3 is 11.5 Å². The quantitative estimate of drug-likeness (QED) is 0.401. The molecule has 1 rings (SSSR count). The summed E-state index contributed by atoms with van der Waals surface area (Å²) in [6, 6.07) is 1.14. The highest BCUT2D eigenvalue weighted by Gasteiger charge is 2.20. The molecule has 0 saturated heterocycles. The van der Waals surface area contributed by atoms with Gasteiger partial charge in [0.05, 0.1) is 11.1 Å². The Labute approximate surface area is 79.4 Å². The summed E-state index contributed by atoms with van der Waals surface area (Å²) in [7, 11) is 0. The van der Waals surface area contributed by atoms with E-state index in [9.17, 15) is 15.3 Å². The van der Waals surface area contributed by atoms with Gasteiger partial charge in [0, 0.05) is 6.07 Å². The number of hydrogen-bond acceptors (Lipinski definition) is 5. The number of aromatic nitrogens is 2. The predicted octanol–water partition coefficient (Wildman–Crippen LogP) is -0.415. The summed E-state index contributed by atoms with van der Waals surface area (Å²) < 4.78 is 0. The highest BCUT2D eigenvalue weighted by molar-refractivity contribution is 5.43. The maximum absolute atomic E-state index is 11.3. The van der Waals surface area contributed by atoms with Gasteiger partial charge in [-0.3, -0.25) is 10.1 Å². The smallest absolute Gasteiger partial charge is 0.353 e. The Hall–Kier alpha value is -1.86. The molecule has 1 aromatic rings. The number of hydroxylamine groups is 1. The third kappa shape index (κ3) is 2.09. The molecule has 7 heteroatoms. The van der Waals surface area contributed by atoms with Gasteiger partial charge in [0.15, 0.2) is 0 Å². The zero-order chi connectivity index (χ0) is 10.6.